The molecule has 2 rings (SSSR count). The van der Waals surface area contributed by atoms with E-state index in [9.17, 15) is 29.4 Å². The van der Waals surface area contributed by atoms with Gasteiger partial charge in [0, 0.05) is 17.1 Å². The summed E-state index contributed by atoms with van der Waals surface area (Å²) < 4.78 is 0. The number of hydrogen-bond acceptors (Lipinski definition) is 7. The molecular formula is C20H27N5O7. The molecule has 0 aliphatic heterocycles. The normalized spacial score (nSPS) is 14.8. The number of aliphatic carboxylic acids is 1. The van der Waals surface area contributed by atoms with E-state index in [2.05, 4.69) is 20.9 Å². The number of para-hydroxylation sites is 1. The zero-order valence-corrected chi connectivity index (χ0v) is 17.4. The maximum absolute atomic E-state index is 12.5. The number of hydrogen-bond donors (Lipinski definition) is 8. The van der Waals surface area contributed by atoms with Crippen molar-refractivity contribution in [2.45, 2.75) is 37.5 Å². The molecule has 0 saturated carbocycles. The van der Waals surface area contributed by atoms with E-state index in [-0.39, 0.29) is 6.42 Å². The average molecular weight is 449 g/mol. The summed E-state index contributed by atoms with van der Waals surface area (Å²) in [7, 11) is 0. The summed E-state index contributed by atoms with van der Waals surface area (Å²) in [6, 6.07) is 2.28. The predicted molar refractivity (Wildman–Crippen MR) is 113 cm³/mol. The summed E-state index contributed by atoms with van der Waals surface area (Å²) in [5.74, 6) is -3.88. The molecule has 174 valence electrons. The number of carbonyl (C=O) groups is 4. The first kappa shape index (κ1) is 24.8. The molecule has 12 nitrogen and oxygen atoms in total. The van der Waals surface area contributed by atoms with E-state index in [1.165, 1.54) is 6.92 Å². The fraction of sp³-hybridized carbons (Fsp3) is 0.400. The number of aromatic nitrogens is 1. The number of carbonyl (C=O) groups excluding carboxylic acids is 3. The summed E-state index contributed by atoms with van der Waals surface area (Å²) >= 11 is 0. The van der Waals surface area contributed by atoms with Crippen LogP contribution in [0.4, 0.5) is 0 Å². The van der Waals surface area contributed by atoms with Crippen LogP contribution in [0, 0.1) is 0 Å². The molecule has 4 atom stereocenters. The Hall–Kier alpha value is -3.48. The Balaban J connectivity index is 1.96. The third-order valence-corrected chi connectivity index (χ3v) is 4.81. The number of carboxylic acids is 1. The van der Waals surface area contributed by atoms with Crippen LogP contribution in [0.3, 0.4) is 0 Å². The van der Waals surface area contributed by atoms with Crippen LogP contribution in [0.15, 0.2) is 30.5 Å². The van der Waals surface area contributed by atoms with Crippen molar-refractivity contribution in [1.29, 1.82) is 0 Å². The Kier molecular flexibility index (Phi) is 8.70. The van der Waals surface area contributed by atoms with Gasteiger partial charge < -0.3 is 42.0 Å². The minimum Gasteiger partial charge on any atom is -0.480 e. The maximum Gasteiger partial charge on any atom is 0.325 e. The van der Waals surface area contributed by atoms with Crippen molar-refractivity contribution in [3.63, 3.8) is 0 Å². The summed E-state index contributed by atoms with van der Waals surface area (Å²) in [6.07, 6.45) is 1.90. The van der Waals surface area contributed by atoms with Gasteiger partial charge >= 0.3 is 5.97 Å². The number of H-pyrrole nitrogens is 1. The molecule has 0 spiro atoms. The molecule has 0 fully saturated rings. The van der Waals surface area contributed by atoms with Gasteiger partial charge in [0.15, 0.2) is 0 Å². The largest absolute Gasteiger partial charge is 0.480 e. The molecule has 1 aromatic heterocycles. The van der Waals surface area contributed by atoms with Crippen LogP contribution >= 0.6 is 0 Å². The van der Waals surface area contributed by atoms with Gasteiger partial charge in [-0.1, -0.05) is 18.2 Å². The van der Waals surface area contributed by atoms with Crippen LogP contribution in [0.25, 0.3) is 10.9 Å². The van der Waals surface area contributed by atoms with Gasteiger partial charge in [-0.3, -0.25) is 19.2 Å². The standard InChI is InChI=1S/C20H27N5O7/c1-10(20(31)32)23-18(29)15(8-26)25-19(30)16(9-27)24-17(28)13(21)6-11-7-22-14-5-3-2-4-12(11)14/h2-5,7,10,13,15-16,22,26-27H,6,8-9,21H2,1H3,(H,23,29)(H,24,28)(H,25,30)(H,31,32). The average Bonchev–Trinajstić information content (AvgIpc) is 3.17. The highest BCUT2D eigenvalue weighted by Crippen LogP contribution is 2.18. The molecular weight excluding hydrogens is 422 g/mol. The molecule has 0 aliphatic rings. The van der Waals surface area contributed by atoms with Gasteiger partial charge in [-0.05, 0) is 25.0 Å². The van der Waals surface area contributed by atoms with E-state index < -0.39 is 61.1 Å². The predicted octanol–water partition coefficient (Wildman–Crippen LogP) is -2.42. The number of carboxylic acid groups (broad SMARTS) is 1. The Morgan fingerprint density at radius 3 is 2.12 bits per heavy atom. The molecule has 32 heavy (non-hydrogen) atoms. The van der Waals surface area contributed by atoms with Crippen LogP contribution in [0.2, 0.25) is 0 Å². The number of aliphatic hydroxyl groups excluding tert-OH is 2. The quantitative estimate of drug-likeness (QED) is 0.185. The minimum absolute atomic E-state index is 0.171. The first-order chi connectivity index (χ1) is 15.2. The van der Waals surface area contributed by atoms with Crippen molar-refractivity contribution in [3.05, 3.63) is 36.0 Å². The van der Waals surface area contributed by atoms with Crippen molar-refractivity contribution in [2.24, 2.45) is 5.73 Å². The van der Waals surface area contributed by atoms with E-state index in [4.69, 9.17) is 10.8 Å². The van der Waals surface area contributed by atoms with Gasteiger partial charge in [-0.15, -0.1) is 0 Å². The number of nitrogens with two attached hydrogens (primary N) is 1. The summed E-state index contributed by atoms with van der Waals surface area (Å²) in [5.41, 5.74) is 7.65. The molecule has 2 aromatic rings. The van der Waals surface area contributed by atoms with Gasteiger partial charge in [0.2, 0.25) is 17.7 Å². The van der Waals surface area contributed by atoms with Gasteiger partial charge in [-0.25, -0.2) is 0 Å². The zero-order chi connectivity index (χ0) is 23.8. The Morgan fingerprint density at radius 1 is 0.969 bits per heavy atom. The highest BCUT2D eigenvalue weighted by atomic mass is 16.4. The molecule has 4 unspecified atom stereocenters. The fourth-order valence-corrected chi connectivity index (χ4v) is 2.95. The van der Waals surface area contributed by atoms with Crippen molar-refractivity contribution in [2.75, 3.05) is 13.2 Å². The number of aromatic amines is 1. The first-order valence-corrected chi connectivity index (χ1v) is 9.84. The van der Waals surface area contributed by atoms with Gasteiger partial charge in [0.25, 0.3) is 0 Å². The summed E-state index contributed by atoms with van der Waals surface area (Å²) in [6.45, 7) is -0.402. The van der Waals surface area contributed by atoms with Crippen molar-refractivity contribution in [1.82, 2.24) is 20.9 Å². The lowest BCUT2D eigenvalue weighted by molar-refractivity contribution is -0.142. The molecule has 0 bridgehead atoms. The van der Waals surface area contributed by atoms with E-state index in [1.54, 1.807) is 6.20 Å². The Bertz CT molecular complexity index is 976. The van der Waals surface area contributed by atoms with E-state index in [0.29, 0.717) is 0 Å². The van der Waals surface area contributed by atoms with Gasteiger partial charge in [-0.2, -0.15) is 0 Å². The molecule has 3 amide bonds. The SMILES string of the molecule is CC(NC(=O)C(CO)NC(=O)C(CO)NC(=O)C(N)Cc1c[nH]c2ccccc12)C(=O)O. The number of benzene rings is 1. The van der Waals surface area contributed by atoms with Crippen molar-refractivity contribution >= 4 is 34.6 Å². The summed E-state index contributed by atoms with van der Waals surface area (Å²) in [4.78, 5) is 50.8. The molecule has 1 heterocycles. The lowest BCUT2D eigenvalue weighted by Gasteiger charge is -2.22. The third-order valence-electron chi connectivity index (χ3n) is 4.81. The number of amides is 3. The van der Waals surface area contributed by atoms with Crippen molar-refractivity contribution < 1.29 is 34.5 Å². The molecule has 0 aliphatic carbocycles. The van der Waals surface area contributed by atoms with Crippen LogP contribution in [-0.4, -0.2) is 81.4 Å². The molecule has 12 heteroatoms. The number of rotatable bonds is 11. The minimum atomic E-state index is -1.48. The zero-order valence-electron chi connectivity index (χ0n) is 17.4. The highest BCUT2D eigenvalue weighted by Gasteiger charge is 2.29. The van der Waals surface area contributed by atoms with E-state index in [1.807, 2.05) is 24.3 Å². The molecule has 1 aromatic carbocycles. The summed E-state index contributed by atoms with van der Waals surface area (Å²) in [5, 5.41) is 35.2. The molecule has 9 N–H and O–H groups in total. The smallest absolute Gasteiger partial charge is 0.325 e. The first-order valence-electron chi connectivity index (χ1n) is 9.84. The number of aliphatic hydroxyl groups is 2. The third kappa shape index (κ3) is 6.26. The van der Waals surface area contributed by atoms with Crippen LogP contribution < -0.4 is 21.7 Å². The van der Waals surface area contributed by atoms with Crippen LogP contribution in [0.1, 0.15) is 12.5 Å². The Morgan fingerprint density at radius 2 is 1.53 bits per heavy atom. The maximum atomic E-state index is 12.5. The highest BCUT2D eigenvalue weighted by molar-refractivity contribution is 5.94. The molecule has 0 radical (unpaired) electrons. The van der Waals surface area contributed by atoms with Gasteiger partial charge in [0.05, 0.1) is 19.3 Å². The van der Waals surface area contributed by atoms with Gasteiger partial charge in [0.1, 0.15) is 18.1 Å². The van der Waals surface area contributed by atoms with E-state index >= 15 is 0 Å². The number of fused-ring (bicyclic) bond motifs is 1. The second-order valence-corrected chi connectivity index (χ2v) is 7.23. The lowest BCUT2D eigenvalue weighted by atomic mass is 10.0. The lowest BCUT2D eigenvalue weighted by Crippen LogP contribution is -2.58. The second-order valence-electron chi connectivity index (χ2n) is 7.23. The fourth-order valence-electron chi connectivity index (χ4n) is 2.95. The molecule has 0 saturated heterocycles. The topological polar surface area (TPSA) is 207 Å². The monoisotopic (exact) mass is 449 g/mol. The van der Waals surface area contributed by atoms with Crippen LogP contribution in [-0.2, 0) is 25.6 Å². The Labute approximate surface area is 183 Å². The second kappa shape index (κ2) is 11.2. The van der Waals surface area contributed by atoms with Crippen molar-refractivity contribution in [3.8, 4) is 0 Å². The number of nitrogens with one attached hydrogen (secondary N) is 4. The van der Waals surface area contributed by atoms with Crippen LogP contribution in [0.5, 0.6) is 0 Å². The van der Waals surface area contributed by atoms with E-state index in [0.717, 1.165) is 16.5 Å².